The van der Waals surface area contributed by atoms with Crippen LogP contribution in [0, 0.1) is 0 Å². The Labute approximate surface area is 149 Å². The summed E-state index contributed by atoms with van der Waals surface area (Å²) in [6.45, 7) is 0.206. The van der Waals surface area contributed by atoms with E-state index in [0.717, 1.165) is 10.6 Å². The molecule has 2 heterocycles. The van der Waals surface area contributed by atoms with E-state index in [0.29, 0.717) is 25.0 Å². The zero-order valence-corrected chi connectivity index (χ0v) is 14.9. The van der Waals surface area contributed by atoms with Crippen molar-refractivity contribution in [2.75, 3.05) is 6.54 Å². The molecule has 2 rings (SSSR count). The number of carbonyl (C=O) groups is 1. The van der Waals surface area contributed by atoms with Crippen molar-refractivity contribution >= 4 is 27.6 Å². The van der Waals surface area contributed by atoms with Gasteiger partial charge in [-0.3, -0.25) is 4.98 Å². The van der Waals surface area contributed by atoms with Crippen molar-refractivity contribution in [1.82, 2.24) is 20.0 Å². The number of carboxylic acid groups (broad SMARTS) is 1. The maximum absolute atomic E-state index is 11.0. The average molecular weight is 385 g/mol. The molecular formula is C14H19N5O4S2. The van der Waals surface area contributed by atoms with Crippen molar-refractivity contribution in [3.05, 3.63) is 35.6 Å². The van der Waals surface area contributed by atoms with Crippen molar-refractivity contribution < 1.29 is 18.3 Å². The molecule has 0 saturated heterocycles. The van der Waals surface area contributed by atoms with Crippen LogP contribution >= 0.6 is 11.3 Å². The summed E-state index contributed by atoms with van der Waals surface area (Å²) in [6.07, 6.45) is 3.85. The maximum Gasteiger partial charge on any atom is 0.405 e. The molecule has 0 spiro atoms. The first-order valence-electron chi connectivity index (χ1n) is 7.48. The smallest absolute Gasteiger partial charge is 0.405 e. The van der Waals surface area contributed by atoms with Gasteiger partial charge in [-0.15, -0.1) is 11.3 Å². The van der Waals surface area contributed by atoms with Crippen LogP contribution in [0.1, 0.15) is 31.0 Å². The van der Waals surface area contributed by atoms with Gasteiger partial charge in [-0.25, -0.2) is 19.6 Å². The number of nitrogens with one attached hydrogen (secondary N) is 2. The Kier molecular flexibility index (Phi) is 6.82. The maximum atomic E-state index is 11.0. The van der Waals surface area contributed by atoms with E-state index in [9.17, 15) is 13.2 Å². The Hall–Kier alpha value is -2.08. The highest BCUT2D eigenvalue weighted by molar-refractivity contribution is 7.87. The third kappa shape index (κ3) is 6.74. The van der Waals surface area contributed by atoms with E-state index in [2.05, 4.69) is 20.0 Å². The van der Waals surface area contributed by atoms with Crippen LogP contribution in [-0.4, -0.2) is 36.1 Å². The summed E-state index contributed by atoms with van der Waals surface area (Å²) in [5.74, 6) is 0. The van der Waals surface area contributed by atoms with Crippen LogP contribution in [0.2, 0.25) is 0 Å². The fourth-order valence-electron chi connectivity index (χ4n) is 2.20. The zero-order valence-electron chi connectivity index (χ0n) is 13.3. The highest BCUT2D eigenvalue weighted by Crippen LogP contribution is 2.27. The Morgan fingerprint density at radius 1 is 1.32 bits per heavy atom. The van der Waals surface area contributed by atoms with E-state index >= 15 is 0 Å². The number of nitrogens with zero attached hydrogens (tertiary/aromatic N) is 2. The standard InChI is InChI=1S/C14H19N5O4S2/c15-25(22,23)17-6-2-1-3-11(19-14(20)21)12-9-24-13(18-12)10-4-7-16-8-5-10/h4-5,7-9,11,17,19H,1-3,6H2,(H,20,21)(H2,15,22,23). The van der Waals surface area contributed by atoms with Gasteiger partial charge in [-0.1, -0.05) is 0 Å². The topological polar surface area (TPSA) is 147 Å². The van der Waals surface area contributed by atoms with E-state index in [1.54, 1.807) is 12.4 Å². The van der Waals surface area contributed by atoms with Crippen LogP contribution in [0.4, 0.5) is 4.79 Å². The summed E-state index contributed by atoms with van der Waals surface area (Å²) >= 11 is 1.43. The van der Waals surface area contributed by atoms with E-state index < -0.39 is 22.3 Å². The van der Waals surface area contributed by atoms with Crippen molar-refractivity contribution in [3.8, 4) is 10.6 Å². The molecule has 1 unspecified atom stereocenters. The summed E-state index contributed by atoms with van der Waals surface area (Å²) in [5.41, 5.74) is 1.55. The van der Waals surface area contributed by atoms with Gasteiger partial charge in [0.1, 0.15) is 5.01 Å². The third-order valence-electron chi connectivity index (χ3n) is 3.33. The lowest BCUT2D eigenvalue weighted by Gasteiger charge is -2.14. The number of nitrogens with two attached hydrogens (primary N) is 1. The highest BCUT2D eigenvalue weighted by Gasteiger charge is 2.17. The minimum absolute atomic E-state index is 0.206. The lowest BCUT2D eigenvalue weighted by Crippen LogP contribution is -2.31. The molecule has 0 aromatic carbocycles. The molecule has 2 aromatic heterocycles. The van der Waals surface area contributed by atoms with Crippen molar-refractivity contribution in [2.45, 2.75) is 25.3 Å². The molecule has 0 fully saturated rings. The van der Waals surface area contributed by atoms with Crippen molar-refractivity contribution in [3.63, 3.8) is 0 Å². The molecule has 5 N–H and O–H groups in total. The molecule has 0 saturated carbocycles. The molecule has 11 heteroatoms. The molecule has 2 aromatic rings. The summed E-state index contributed by atoms with van der Waals surface area (Å²) < 4.78 is 23.8. The molecule has 0 radical (unpaired) electrons. The predicted octanol–water partition coefficient (Wildman–Crippen LogP) is 1.48. The molecule has 0 aliphatic carbocycles. The Balaban J connectivity index is 1.98. The van der Waals surface area contributed by atoms with E-state index in [1.807, 2.05) is 17.5 Å². The average Bonchev–Trinajstić information content (AvgIpc) is 3.03. The third-order valence-corrected chi connectivity index (χ3v) is 4.84. The molecule has 0 aliphatic heterocycles. The van der Waals surface area contributed by atoms with Gasteiger partial charge in [0.05, 0.1) is 11.7 Å². The molecular weight excluding hydrogens is 366 g/mol. The Morgan fingerprint density at radius 2 is 2.04 bits per heavy atom. The van der Waals surface area contributed by atoms with Gasteiger partial charge >= 0.3 is 6.09 Å². The summed E-state index contributed by atoms with van der Waals surface area (Å²) in [7, 11) is -3.70. The first-order valence-corrected chi connectivity index (χ1v) is 9.90. The van der Waals surface area contributed by atoms with Crippen LogP contribution < -0.4 is 15.2 Å². The molecule has 9 nitrogen and oxygen atoms in total. The van der Waals surface area contributed by atoms with Crippen molar-refractivity contribution in [2.24, 2.45) is 5.14 Å². The second-order valence-corrected chi connectivity index (χ2v) is 7.49. The molecule has 1 amide bonds. The largest absolute Gasteiger partial charge is 0.465 e. The number of hydrogen-bond donors (Lipinski definition) is 4. The number of amides is 1. The number of rotatable bonds is 9. The lowest BCUT2D eigenvalue weighted by molar-refractivity contribution is 0.188. The van der Waals surface area contributed by atoms with Gasteiger partial charge in [-0.05, 0) is 31.4 Å². The fourth-order valence-corrected chi connectivity index (χ4v) is 3.51. The number of hydrogen-bond acceptors (Lipinski definition) is 6. The SMILES string of the molecule is NS(=O)(=O)NCCCCC(NC(=O)O)c1csc(-c2ccncc2)n1. The van der Waals surface area contributed by atoms with Crippen LogP contribution in [0.5, 0.6) is 0 Å². The number of thiazole rings is 1. The summed E-state index contributed by atoms with van der Waals surface area (Å²) in [5, 5.41) is 18.9. The zero-order chi connectivity index (χ0) is 18.3. The van der Waals surface area contributed by atoms with Gasteiger partial charge in [-0.2, -0.15) is 8.42 Å². The van der Waals surface area contributed by atoms with Crippen molar-refractivity contribution in [1.29, 1.82) is 0 Å². The molecule has 136 valence electrons. The second-order valence-electron chi connectivity index (χ2n) is 5.25. The first kappa shape index (κ1) is 19.2. The van der Waals surface area contributed by atoms with Crippen LogP contribution in [0.15, 0.2) is 29.9 Å². The highest BCUT2D eigenvalue weighted by atomic mass is 32.2. The molecule has 0 bridgehead atoms. The minimum Gasteiger partial charge on any atom is -0.465 e. The van der Waals surface area contributed by atoms with Gasteiger partial charge < -0.3 is 10.4 Å². The van der Waals surface area contributed by atoms with Gasteiger partial charge in [0, 0.05) is 29.9 Å². The minimum atomic E-state index is -3.70. The quantitative estimate of drug-likeness (QED) is 0.481. The summed E-state index contributed by atoms with van der Waals surface area (Å²) in [6, 6.07) is 3.21. The monoisotopic (exact) mass is 385 g/mol. The van der Waals surface area contributed by atoms with Crippen LogP contribution in [0.3, 0.4) is 0 Å². The second kappa shape index (κ2) is 8.85. The molecule has 0 aliphatic rings. The number of pyridine rings is 1. The molecule has 1 atom stereocenters. The number of unbranched alkanes of at least 4 members (excludes halogenated alkanes) is 1. The van der Waals surface area contributed by atoms with Gasteiger partial charge in [0.2, 0.25) is 0 Å². The fraction of sp³-hybridized carbons (Fsp3) is 0.357. The number of aromatic nitrogens is 2. The van der Waals surface area contributed by atoms with E-state index in [-0.39, 0.29) is 6.54 Å². The summed E-state index contributed by atoms with van der Waals surface area (Å²) in [4.78, 5) is 19.5. The Morgan fingerprint density at radius 3 is 2.68 bits per heavy atom. The van der Waals surface area contributed by atoms with E-state index in [4.69, 9.17) is 10.2 Å². The molecule has 25 heavy (non-hydrogen) atoms. The lowest BCUT2D eigenvalue weighted by atomic mass is 10.1. The van der Waals surface area contributed by atoms with Gasteiger partial charge in [0.15, 0.2) is 0 Å². The Bertz CT molecular complexity index is 795. The van der Waals surface area contributed by atoms with Crippen LogP contribution in [-0.2, 0) is 10.2 Å². The normalized spacial score (nSPS) is 12.7. The first-order chi connectivity index (χ1) is 11.8. The van der Waals surface area contributed by atoms with Crippen LogP contribution in [0.25, 0.3) is 10.6 Å². The predicted molar refractivity (Wildman–Crippen MR) is 94.2 cm³/mol. The van der Waals surface area contributed by atoms with E-state index in [1.165, 1.54) is 11.3 Å². The van der Waals surface area contributed by atoms with Gasteiger partial charge in [0.25, 0.3) is 10.2 Å².